The van der Waals surface area contributed by atoms with Crippen LogP contribution in [0.2, 0.25) is 0 Å². The first kappa shape index (κ1) is 22.1. The highest BCUT2D eigenvalue weighted by molar-refractivity contribution is 7.17. The average molecular weight is 482 g/mol. The van der Waals surface area contributed by atoms with Crippen LogP contribution in [0.1, 0.15) is 40.7 Å². The number of thiophene rings is 1. The number of aromatic nitrogens is 3. The maximum atomic E-state index is 15.3. The number of hydrogen-bond acceptors (Lipinski definition) is 7. The van der Waals surface area contributed by atoms with E-state index in [1.54, 1.807) is 34.6 Å². The first-order valence-electron chi connectivity index (χ1n) is 11.1. The zero-order valence-corrected chi connectivity index (χ0v) is 20.1. The van der Waals surface area contributed by atoms with E-state index in [9.17, 15) is 4.79 Å². The minimum absolute atomic E-state index is 0.0382. The van der Waals surface area contributed by atoms with Gasteiger partial charge in [-0.1, -0.05) is 24.3 Å². The van der Waals surface area contributed by atoms with Crippen LogP contribution in [0.4, 0.5) is 10.2 Å². The number of anilines is 1. The summed E-state index contributed by atoms with van der Waals surface area (Å²) in [5, 5.41) is 16.2. The maximum Gasteiger partial charge on any atom is 0.262 e. The second kappa shape index (κ2) is 9.24. The Morgan fingerprint density at radius 2 is 2.18 bits per heavy atom. The number of rotatable bonds is 5. The van der Waals surface area contributed by atoms with Gasteiger partial charge in [-0.3, -0.25) is 9.69 Å². The number of aryl methyl sites for hydroxylation is 2. The van der Waals surface area contributed by atoms with Gasteiger partial charge in [-0.15, -0.1) is 21.5 Å². The number of carbonyl (C=O) groups excluding carboxylic acids is 1. The van der Waals surface area contributed by atoms with E-state index in [1.807, 2.05) is 19.9 Å². The van der Waals surface area contributed by atoms with Gasteiger partial charge in [0.15, 0.2) is 0 Å². The van der Waals surface area contributed by atoms with E-state index in [2.05, 4.69) is 25.9 Å². The number of nitrogens with zero attached hydrogens (tertiary/aromatic N) is 4. The number of piperidine rings is 1. The van der Waals surface area contributed by atoms with Gasteiger partial charge >= 0.3 is 0 Å². The first-order valence-corrected chi connectivity index (χ1v) is 12.8. The van der Waals surface area contributed by atoms with E-state index in [1.165, 1.54) is 17.4 Å². The molecule has 0 spiro atoms. The van der Waals surface area contributed by atoms with E-state index in [0.29, 0.717) is 22.9 Å². The van der Waals surface area contributed by atoms with E-state index in [4.69, 9.17) is 0 Å². The van der Waals surface area contributed by atoms with Crippen molar-refractivity contribution in [3.05, 3.63) is 57.8 Å². The lowest BCUT2D eigenvalue weighted by Gasteiger charge is -2.34. The molecule has 170 valence electrons. The molecule has 1 aromatic carbocycles. The molecule has 33 heavy (non-hydrogen) atoms. The van der Waals surface area contributed by atoms with Gasteiger partial charge in [0.2, 0.25) is 0 Å². The Kier molecular flexibility index (Phi) is 6.18. The van der Waals surface area contributed by atoms with Crippen molar-refractivity contribution >= 4 is 44.5 Å². The standard InChI is InChI=1S/C24H24FN5OS2/c1-3-20-28-29-23(33-20)15-6-7-17(18(25)11-15)24(31)30(16-5-4-9-26-12-16)22-21-14(2)13-32-19(21)8-10-27-22/h6-8,10-11,13,16,26H,3-5,9,12H2,1-2H3/t16-/m1/s1. The van der Waals surface area contributed by atoms with Gasteiger partial charge in [-0.05, 0) is 61.9 Å². The second-order valence-electron chi connectivity index (χ2n) is 8.15. The van der Waals surface area contributed by atoms with Crippen molar-refractivity contribution in [2.24, 2.45) is 0 Å². The summed E-state index contributed by atoms with van der Waals surface area (Å²) >= 11 is 3.06. The highest BCUT2D eigenvalue weighted by Crippen LogP contribution is 2.35. The molecule has 1 atom stereocenters. The number of fused-ring (bicyclic) bond motifs is 1. The molecule has 3 aromatic heterocycles. The van der Waals surface area contributed by atoms with Crippen molar-refractivity contribution in [2.45, 2.75) is 39.2 Å². The Morgan fingerprint density at radius 1 is 1.30 bits per heavy atom. The quantitative estimate of drug-likeness (QED) is 0.423. The van der Waals surface area contributed by atoms with Crippen molar-refractivity contribution < 1.29 is 9.18 Å². The van der Waals surface area contributed by atoms with Crippen molar-refractivity contribution in [2.75, 3.05) is 18.0 Å². The molecule has 4 heterocycles. The van der Waals surface area contributed by atoms with Crippen LogP contribution in [0.5, 0.6) is 0 Å². The van der Waals surface area contributed by atoms with E-state index in [0.717, 1.165) is 46.5 Å². The number of hydrogen-bond donors (Lipinski definition) is 1. The summed E-state index contributed by atoms with van der Waals surface area (Å²) in [7, 11) is 0. The molecular formula is C24H24FN5OS2. The monoisotopic (exact) mass is 481 g/mol. The number of benzene rings is 1. The van der Waals surface area contributed by atoms with Crippen molar-refractivity contribution in [1.82, 2.24) is 20.5 Å². The number of pyridine rings is 1. The van der Waals surface area contributed by atoms with Crippen molar-refractivity contribution in [3.63, 3.8) is 0 Å². The fourth-order valence-corrected chi connectivity index (χ4v) is 5.96. The van der Waals surface area contributed by atoms with Gasteiger partial charge in [-0.2, -0.15) is 0 Å². The third kappa shape index (κ3) is 4.16. The van der Waals surface area contributed by atoms with Crippen LogP contribution >= 0.6 is 22.7 Å². The highest BCUT2D eigenvalue weighted by atomic mass is 32.1. The van der Waals surface area contributed by atoms with Crippen LogP contribution in [0.25, 0.3) is 20.7 Å². The summed E-state index contributed by atoms with van der Waals surface area (Å²) in [6.07, 6.45) is 4.29. The molecule has 4 aromatic rings. The second-order valence-corrected chi connectivity index (χ2v) is 10.1. The fraction of sp³-hybridized carbons (Fsp3) is 0.333. The zero-order chi connectivity index (χ0) is 22.9. The molecule has 1 amide bonds. The van der Waals surface area contributed by atoms with Crippen LogP contribution in [-0.4, -0.2) is 40.2 Å². The van der Waals surface area contributed by atoms with Crippen LogP contribution < -0.4 is 10.2 Å². The van der Waals surface area contributed by atoms with E-state index < -0.39 is 5.82 Å². The minimum atomic E-state index is -0.561. The number of nitrogens with one attached hydrogen (secondary N) is 1. The van der Waals surface area contributed by atoms with E-state index >= 15 is 4.39 Å². The van der Waals surface area contributed by atoms with Crippen molar-refractivity contribution in [3.8, 4) is 10.6 Å². The molecule has 5 rings (SSSR count). The molecule has 0 bridgehead atoms. The zero-order valence-electron chi connectivity index (χ0n) is 18.5. The van der Waals surface area contributed by atoms with Gasteiger partial charge in [0, 0.05) is 28.4 Å². The summed E-state index contributed by atoms with van der Waals surface area (Å²) in [6, 6.07) is 6.55. The van der Waals surface area contributed by atoms with E-state index in [-0.39, 0.29) is 17.5 Å². The summed E-state index contributed by atoms with van der Waals surface area (Å²) in [6.45, 7) is 5.59. The van der Waals surface area contributed by atoms with Crippen LogP contribution in [0, 0.1) is 12.7 Å². The van der Waals surface area contributed by atoms with Crippen molar-refractivity contribution in [1.29, 1.82) is 0 Å². The van der Waals surface area contributed by atoms with Crippen LogP contribution in [0.15, 0.2) is 35.8 Å². The van der Waals surface area contributed by atoms with Gasteiger partial charge < -0.3 is 5.32 Å². The minimum Gasteiger partial charge on any atom is -0.315 e. The summed E-state index contributed by atoms with van der Waals surface area (Å²) in [5.74, 6) is -0.330. The first-order chi connectivity index (χ1) is 16.1. The highest BCUT2D eigenvalue weighted by Gasteiger charge is 2.32. The van der Waals surface area contributed by atoms with Crippen LogP contribution in [-0.2, 0) is 6.42 Å². The van der Waals surface area contributed by atoms with Crippen LogP contribution in [0.3, 0.4) is 0 Å². The van der Waals surface area contributed by atoms with Gasteiger partial charge in [0.25, 0.3) is 5.91 Å². The molecular weight excluding hydrogens is 457 g/mol. The normalized spacial score (nSPS) is 16.3. The topological polar surface area (TPSA) is 71.0 Å². The summed E-state index contributed by atoms with van der Waals surface area (Å²) in [5.41, 5.74) is 1.73. The lowest BCUT2D eigenvalue weighted by Crippen LogP contribution is -2.49. The Morgan fingerprint density at radius 3 is 2.91 bits per heavy atom. The lowest BCUT2D eigenvalue weighted by atomic mass is 10.0. The Hall–Kier alpha value is -2.75. The van der Waals surface area contributed by atoms with Gasteiger partial charge in [0.05, 0.1) is 11.6 Å². The number of amides is 1. The fourth-order valence-electron chi connectivity index (χ4n) is 4.25. The molecule has 0 aliphatic carbocycles. The molecule has 0 saturated carbocycles. The average Bonchev–Trinajstić information content (AvgIpc) is 3.47. The molecule has 9 heteroatoms. The smallest absolute Gasteiger partial charge is 0.262 e. The lowest BCUT2D eigenvalue weighted by molar-refractivity contribution is 0.0968. The molecule has 1 aliphatic heterocycles. The van der Waals surface area contributed by atoms with Gasteiger partial charge in [0.1, 0.15) is 21.7 Å². The Bertz CT molecular complexity index is 1310. The number of carbonyl (C=O) groups is 1. The predicted molar refractivity (Wildman–Crippen MR) is 132 cm³/mol. The molecule has 1 N–H and O–H groups in total. The molecule has 1 fully saturated rings. The summed E-state index contributed by atoms with van der Waals surface area (Å²) < 4.78 is 16.4. The molecule has 1 saturated heterocycles. The molecule has 6 nitrogen and oxygen atoms in total. The molecule has 0 unspecified atom stereocenters. The number of halogens is 1. The Balaban J connectivity index is 1.57. The third-order valence-electron chi connectivity index (χ3n) is 5.95. The SMILES string of the molecule is CCc1nnc(-c2ccc(C(=O)N(c3nccc4scc(C)c34)[C@@H]3CCCNC3)c(F)c2)s1. The largest absolute Gasteiger partial charge is 0.315 e. The Labute approximate surface area is 199 Å². The molecule has 1 aliphatic rings. The predicted octanol–water partition coefficient (Wildman–Crippen LogP) is 5.22. The third-order valence-corrected chi connectivity index (χ3v) is 8.13. The van der Waals surface area contributed by atoms with Gasteiger partial charge in [-0.25, -0.2) is 9.37 Å². The molecule has 0 radical (unpaired) electrons. The maximum absolute atomic E-state index is 15.3. The summed E-state index contributed by atoms with van der Waals surface area (Å²) in [4.78, 5) is 20.2.